The van der Waals surface area contributed by atoms with Crippen molar-refractivity contribution >= 4 is 39.9 Å². The van der Waals surface area contributed by atoms with Crippen LogP contribution in [0.15, 0.2) is 103 Å². The normalized spacial score (nSPS) is 11.4. The highest BCUT2D eigenvalue weighted by Gasteiger charge is 2.08. The van der Waals surface area contributed by atoms with Crippen LogP contribution in [0.1, 0.15) is 16.7 Å². The number of fused-ring (bicyclic) bond motifs is 1. The van der Waals surface area contributed by atoms with Crippen LogP contribution < -0.4 is 5.32 Å². The topological polar surface area (TPSA) is 125 Å². The third-order valence-electron chi connectivity index (χ3n) is 5.50. The summed E-state index contributed by atoms with van der Waals surface area (Å²) in [5, 5.41) is 26.6. The highest BCUT2D eigenvalue weighted by atomic mass is 16.6. The number of nitro groups is 2. The van der Waals surface area contributed by atoms with E-state index < -0.39 is 15.9 Å². The monoisotopic (exact) mass is 495 g/mol. The second-order valence-electron chi connectivity index (χ2n) is 7.99. The largest absolute Gasteiger partial charge is 0.444 e. The number of rotatable bonds is 8. The Morgan fingerprint density at radius 2 is 1.43 bits per heavy atom. The molecule has 0 aliphatic heterocycles. The zero-order valence-electron chi connectivity index (χ0n) is 19.4. The summed E-state index contributed by atoms with van der Waals surface area (Å²) in [5.74, 6) is 0. The molecule has 0 aliphatic rings. The molecule has 0 aliphatic carbocycles. The molecule has 0 aromatic heterocycles. The predicted octanol–water partition coefficient (Wildman–Crippen LogP) is 6.64. The molecule has 0 saturated carbocycles. The summed E-state index contributed by atoms with van der Waals surface area (Å²) in [7, 11) is 0. The molecule has 0 radical (unpaired) electrons. The number of carbonyl (C=O) groups is 1. The molecule has 4 rings (SSSR count). The Labute approximate surface area is 211 Å². The minimum Gasteiger partial charge on any atom is -0.444 e. The van der Waals surface area contributed by atoms with Crippen LogP contribution in [0.2, 0.25) is 0 Å². The van der Waals surface area contributed by atoms with Gasteiger partial charge < -0.3 is 4.74 Å². The van der Waals surface area contributed by atoms with E-state index in [9.17, 15) is 25.0 Å². The van der Waals surface area contributed by atoms with E-state index in [2.05, 4.69) is 5.32 Å². The summed E-state index contributed by atoms with van der Waals surface area (Å²) in [5.41, 5.74) is 2.59. The van der Waals surface area contributed by atoms with Crippen LogP contribution in [0.25, 0.3) is 22.4 Å². The zero-order chi connectivity index (χ0) is 26.2. The fraction of sp³-hybridized carbons (Fsp3) is 0.0357. The number of hydrogen-bond donors (Lipinski definition) is 1. The molecule has 1 amide bonds. The number of benzene rings is 4. The number of nitro benzene ring substituents is 2. The smallest absolute Gasteiger partial charge is 0.411 e. The fourth-order valence-corrected chi connectivity index (χ4v) is 3.55. The summed E-state index contributed by atoms with van der Waals surface area (Å²) in [6.07, 6.45) is 4.16. The molecule has 0 fully saturated rings. The second-order valence-corrected chi connectivity index (χ2v) is 7.99. The van der Waals surface area contributed by atoms with Crippen molar-refractivity contribution in [3.05, 3.63) is 140 Å². The first-order valence-corrected chi connectivity index (χ1v) is 11.2. The third-order valence-corrected chi connectivity index (χ3v) is 5.50. The van der Waals surface area contributed by atoms with Crippen LogP contribution in [-0.4, -0.2) is 15.9 Å². The zero-order valence-corrected chi connectivity index (χ0v) is 19.4. The fourth-order valence-electron chi connectivity index (χ4n) is 3.55. The maximum Gasteiger partial charge on any atom is 0.411 e. The van der Waals surface area contributed by atoms with E-state index in [0.29, 0.717) is 16.7 Å². The lowest BCUT2D eigenvalue weighted by molar-refractivity contribution is -0.385. The van der Waals surface area contributed by atoms with Gasteiger partial charge in [0.2, 0.25) is 0 Å². The molecule has 9 heteroatoms. The Bertz CT molecular complexity index is 1510. The van der Waals surface area contributed by atoms with Crippen LogP contribution >= 0.6 is 0 Å². The quantitative estimate of drug-likeness (QED) is 0.166. The minimum absolute atomic E-state index is 0.0286. The van der Waals surface area contributed by atoms with Gasteiger partial charge in [-0.2, -0.15) is 0 Å². The average Bonchev–Trinajstić information content (AvgIpc) is 2.92. The van der Waals surface area contributed by atoms with Crippen LogP contribution in [0.5, 0.6) is 0 Å². The molecule has 4 aromatic carbocycles. The molecule has 0 saturated heterocycles. The minimum atomic E-state index is -0.670. The van der Waals surface area contributed by atoms with Gasteiger partial charge >= 0.3 is 6.09 Å². The molecule has 0 bridgehead atoms. The summed E-state index contributed by atoms with van der Waals surface area (Å²) >= 11 is 0. The van der Waals surface area contributed by atoms with E-state index in [1.54, 1.807) is 36.4 Å². The molecule has 0 heterocycles. The van der Waals surface area contributed by atoms with Gasteiger partial charge in [-0.25, -0.2) is 4.79 Å². The number of amides is 1. The lowest BCUT2D eigenvalue weighted by Gasteiger charge is -2.08. The van der Waals surface area contributed by atoms with Gasteiger partial charge in [-0.15, -0.1) is 0 Å². The lowest BCUT2D eigenvalue weighted by atomic mass is 10.0. The molecule has 0 unspecified atom stereocenters. The van der Waals surface area contributed by atoms with Gasteiger partial charge in [-0.05, 0) is 63.4 Å². The Morgan fingerprint density at radius 1 is 0.811 bits per heavy atom. The van der Waals surface area contributed by atoms with Crippen molar-refractivity contribution in [2.45, 2.75) is 6.61 Å². The predicted molar refractivity (Wildman–Crippen MR) is 140 cm³/mol. The first-order chi connectivity index (χ1) is 17.9. The Kier molecular flexibility index (Phi) is 7.65. The highest BCUT2D eigenvalue weighted by Crippen LogP contribution is 2.22. The summed E-state index contributed by atoms with van der Waals surface area (Å²) in [6, 6.07) is 25.5. The molecule has 184 valence electrons. The standard InChI is InChI=1S/C28H21N3O6/c32-28(37-19-21-6-9-22-3-1-2-4-24(22)17-21)29-18-25(23-11-15-27(16-12-23)31(35)36)10-5-20-7-13-26(14-8-20)30(33)34/h1-18H,19H2,(H,29,32)/b10-5+,25-18+. The maximum absolute atomic E-state index is 12.4. The molecule has 0 spiro atoms. The molecule has 1 N–H and O–H groups in total. The molecule has 0 atom stereocenters. The number of alkyl carbamates (subject to hydrolysis) is 1. The highest BCUT2D eigenvalue weighted by molar-refractivity contribution is 5.83. The van der Waals surface area contributed by atoms with Crippen molar-refractivity contribution < 1.29 is 19.4 Å². The van der Waals surface area contributed by atoms with Crippen molar-refractivity contribution in [2.75, 3.05) is 0 Å². The van der Waals surface area contributed by atoms with Crippen molar-refractivity contribution in [1.82, 2.24) is 5.32 Å². The first-order valence-electron chi connectivity index (χ1n) is 11.2. The van der Waals surface area contributed by atoms with Gasteiger partial charge in [-0.3, -0.25) is 25.5 Å². The molecular weight excluding hydrogens is 474 g/mol. The average molecular weight is 495 g/mol. The number of hydrogen-bond acceptors (Lipinski definition) is 6. The second kappa shape index (κ2) is 11.4. The summed E-state index contributed by atoms with van der Waals surface area (Å²) < 4.78 is 5.34. The van der Waals surface area contributed by atoms with Crippen LogP contribution in [-0.2, 0) is 11.3 Å². The van der Waals surface area contributed by atoms with Crippen molar-refractivity contribution in [3.8, 4) is 0 Å². The molecular formula is C28H21N3O6. The van der Waals surface area contributed by atoms with Crippen LogP contribution in [0.4, 0.5) is 16.2 Å². The third kappa shape index (κ3) is 6.64. The van der Waals surface area contributed by atoms with E-state index in [4.69, 9.17) is 4.74 Å². The maximum atomic E-state index is 12.4. The Morgan fingerprint density at radius 3 is 2.08 bits per heavy atom. The molecule has 37 heavy (non-hydrogen) atoms. The Balaban J connectivity index is 1.49. The number of nitrogens with one attached hydrogen (secondary N) is 1. The van der Waals surface area contributed by atoms with Crippen molar-refractivity contribution in [2.24, 2.45) is 0 Å². The van der Waals surface area contributed by atoms with Crippen LogP contribution in [0, 0.1) is 20.2 Å². The van der Waals surface area contributed by atoms with Crippen molar-refractivity contribution in [1.29, 1.82) is 0 Å². The molecule has 9 nitrogen and oxygen atoms in total. The van der Waals surface area contributed by atoms with Crippen LogP contribution in [0.3, 0.4) is 0 Å². The first kappa shape index (κ1) is 24.8. The van der Waals surface area contributed by atoms with Gasteiger partial charge in [0.25, 0.3) is 11.4 Å². The number of non-ortho nitro benzene ring substituents is 2. The number of carbonyl (C=O) groups excluding carboxylic acids is 1. The van der Waals surface area contributed by atoms with Gasteiger partial charge in [0.05, 0.1) is 9.85 Å². The van der Waals surface area contributed by atoms with Gasteiger partial charge in [0.15, 0.2) is 0 Å². The lowest BCUT2D eigenvalue weighted by Crippen LogP contribution is -2.18. The van der Waals surface area contributed by atoms with Crippen molar-refractivity contribution in [3.63, 3.8) is 0 Å². The Hall–Kier alpha value is -5.31. The molecule has 4 aromatic rings. The van der Waals surface area contributed by atoms with E-state index in [-0.39, 0.29) is 18.0 Å². The summed E-state index contributed by atoms with van der Waals surface area (Å²) in [4.78, 5) is 33.3. The van der Waals surface area contributed by atoms with E-state index >= 15 is 0 Å². The number of ether oxygens (including phenoxy) is 1. The number of nitrogens with zero attached hydrogens (tertiary/aromatic N) is 2. The van der Waals surface area contributed by atoms with E-state index in [0.717, 1.165) is 16.3 Å². The van der Waals surface area contributed by atoms with E-state index in [1.807, 2.05) is 42.5 Å². The van der Waals surface area contributed by atoms with Gasteiger partial charge in [-0.1, -0.05) is 48.6 Å². The van der Waals surface area contributed by atoms with E-state index in [1.165, 1.54) is 30.5 Å². The van der Waals surface area contributed by atoms with Gasteiger partial charge in [0, 0.05) is 30.5 Å². The SMILES string of the molecule is O=C(N/C=C(\C=C\c1ccc([N+](=O)[O-])cc1)c1ccc([N+](=O)[O-])cc1)OCc1ccc2ccccc2c1. The summed E-state index contributed by atoms with van der Waals surface area (Å²) in [6.45, 7) is 0.0794. The number of allylic oxidation sites excluding steroid dienone is 2. The van der Waals surface area contributed by atoms with Gasteiger partial charge in [0.1, 0.15) is 6.61 Å².